The highest BCUT2D eigenvalue weighted by atomic mass is 79.9. The van der Waals surface area contributed by atoms with Gasteiger partial charge in [0, 0.05) is 12.6 Å². The molecule has 1 aliphatic heterocycles. The number of benzene rings is 1. The van der Waals surface area contributed by atoms with Crippen LogP contribution in [0.3, 0.4) is 0 Å². The van der Waals surface area contributed by atoms with E-state index in [1.807, 2.05) is 6.07 Å². The van der Waals surface area contributed by atoms with Crippen LogP contribution < -0.4 is 0 Å². The van der Waals surface area contributed by atoms with Gasteiger partial charge in [0.05, 0.1) is 9.40 Å². The molecule has 0 atom stereocenters. The van der Waals surface area contributed by atoms with Crippen molar-refractivity contribution >= 4 is 21.6 Å². The number of piperidine rings is 1. The van der Waals surface area contributed by atoms with Crippen LogP contribution in [0.25, 0.3) is 0 Å². The first-order chi connectivity index (χ1) is 9.61. The number of nitro groups is 1. The zero-order chi connectivity index (χ0) is 14.5. The molecule has 0 N–H and O–H groups in total. The van der Waals surface area contributed by atoms with Crippen molar-refractivity contribution in [1.82, 2.24) is 4.90 Å². The van der Waals surface area contributed by atoms with E-state index in [2.05, 4.69) is 27.8 Å². The van der Waals surface area contributed by atoms with E-state index in [1.165, 1.54) is 25.7 Å². The molecule has 0 amide bonds. The zero-order valence-electron chi connectivity index (χ0n) is 11.8. The van der Waals surface area contributed by atoms with Gasteiger partial charge < -0.3 is 0 Å². The van der Waals surface area contributed by atoms with Gasteiger partial charge in [0.25, 0.3) is 5.69 Å². The Bertz CT molecular complexity index is 471. The predicted octanol–water partition coefficient (Wildman–Crippen LogP) is 4.37. The second-order valence-electron chi connectivity index (χ2n) is 5.52. The van der Waals surface area contributed by atoms with Crippen LogP contribution in [0.1, 0.15) is 38.2 Å². The molecule has 1 heterocycles. The molecule has 1 aromatic rings. The summed E-state index contributed by atoms with van der Waals surface area (Å²) in [6.07, 6.45) is 5.09. The first-order valence-electron chi connectivity index (χ1n) is 7.26. The fourth-order valence-corrected chi connectivity index (χ4v) is 3.45. The number of likely N-dealkylation sites (tertiary alicyclic amines) is 1. The lowest BCUT2D eigenvalue weighted by Gasteiger charge is -2.32. The highest BCUT2D eigenvalue weighted by Crippen LogP contribution is 2.30. The fraction of sp³-hybridized carbons (Fsp3) is 0.600. The maximum Gasteiger partial charge on any atom is 0.283 e. The maximum atomic E-state index is 10.9. The minimum atomic E-state index is -0.332. The Kier molecular flexibility index (Phi) is 5.54. The van der Waals surface area contributed by atoms with E-state index in [1.54, 1.807) is 12.1 Å². The van der Waals surface area contributed by atoms with E-state index in [-0.39, 0.29) is 10.6 Å². The van der Waals surface area contributed by atoms with Crippen LogP contribution in [0, 0.1) is 16.0 Å². The molecule has 110 valence electrons. The summed E-state index contributed by atoms with van der Waals surface area (Å²) in [7, 11) is 0. The fourth-order valence-electron chi connectivity index (χ4n) is 2.91. The Morgan fingerprint density at radius 3 is 2.70 bits per heavy atom. The van der Waals surface area contributed by atoms with Gasteiger partial charge in [-0.2, -0.15) is 0 Å². The molecule has 1 fully saturated rings. The van der Waals surface area contributed by atoms with Crippen LogP contribution in [-0.4, -0.2) is 22.9 Å². The van der Waals surface area contributed by atoms with Crippen molar-refractivity contribution in [3.63, 3.8) is 0 Å². The summed E-state index contributed by atoms with van der Waals surface area (Å²) >= 11 is 3.38. The average Bonchev–Trinajstić information content (AvgIpc) is 2.43. The molecule has 0 unspecified atom stereocenters. The molecule has 1 aliphatic rings. The van der Waals surface area contributed by atoms with E-state index in [9.17, 15) is 10.1 Å². The monoisotopic (exact) mass is 340 g/mol. The molecular formula is C15H21BrN2O2. The smallest absolute Gasteiger partial charge is 0.283 e. The number of nitro benzene ring substituents is 1. The summed E-state index contributed by atoms with van der Waals surface area (Å²) < 4.78 is 0.626. The van der Waals surface area contributed by atoms with E-state index in [4.69, 9.17) is 0 Å². The van der Waals surface area contributed by atoms with Gasteiger partial charge in [-0.15, -0.1) is 0 Å². The Balaban J connectivity index is 1.98. The highest BCUT2D eigenvalue weighted by Gasteiger charge is 2.21. The second-order valence-corrected chi connectivity index (χ2v) is 6.31. The third kappa shape index (κ3) is 3.79. The summed E-state index contributed by atoms with van der Waals surface area (Å²) in [5.41, 5.74) is 1.16. The minimum Gasteiger partial charge on any atom is -0.299 e. The van der Waals surface area contributed by atoms with Crippen molar-refractivity contribution in [1.29, 1.82) is 0 Å². The van der Waals surface area contributed by atoms with Crippen molar-refractivity contribution in [3.05, 3.63) is 38.3 Å². The Morgan fingerprint density at radius 2 is 2.10 bits per heavy atom. The molecule has 2 rings (SSSR count). The summed E-state index contributed by atoms with van der Waals surface area (Å²) in [5, 5.41) is 10.9. The summed E-state index contributed by atoms with van der Waals surface area (Å²) in [4.78, 5) is 13.0. The van der Waals surface area contributed by atoms with E-state index in [0.29, 0.717) is 4.47 Å². The molecule has 4 nitrogen and oxygen atoms in total. The highest BCUT2D eigenvalue weighted by molar-refractivity contribution is 9.10. The average molecular weight is 341 g/mol. The van der Waals surface area contributed by atoms with Crippen molar-refractivity contribution in [2.24, 2.45) is 5.92 Å². The van der Waals surface area contributed by atoms with Gasteiger partial charge in [-0.3, -0.25) is 15.0 Å². The molecule has 0 radical (unpaired) electrons. The normalized spacial score (nSPS) is 17.3. The second kappa shape index (κ2) is 7.18. The predicted molar refractivity (Wildman–Crippen MR) is 83.7 cm³/mol. The molecule has 20 heavy (non-hydrogen) atoms. The molecule has 0 aromatic heterocycles. The zero-order valence-corrected chi connectivity index (χ0v) is 13.4. The van der Waals surface area contributed by atoms with Crippen molar-refractivity contribution in [2.75, 3.05) is 13.1 Å². The maximum absolute atomic E-state index is 10.9. The quantitative estimate of drug-likeness (QED) is 0.590. The van der Waals surface area contributed by atoms with Gasteiger partial charge >= 0.3 is 0 Å². The number of nitrogens with zero attached hydrogens (tertiary/aromatic N) is 2. The van der Waals surface area contributed by atoms with Gasteiger partial charge in [-0.25, -0.2) is 0 Å². The molecule has 5 heteroatoms. The van der Waals surface area contributed by atoms with E-state index >= 15 is 0 Å². The van der Waals surface area contributed by atoms with Crippen molar-refractivity contribution < 1.29 is 4.92 Å². The van der Waals surface area contributed by atoms with Gasteiger partial charge in [0.1, 0.15) is 0 Å². The molecule has 0 aliphatic carbocycles. The summed E-state index contributed by atoms with van der Waals surface area (Å²) in [6.45, 7) is 5.23. The Morgan fingerprint density at radius 1 is 1.40 bits per heavy atom. The Hall–Kier alpha value is -0.940. The van der Waals surface area contributed by atoms with Crippen LogP contribution in [0.2, 0.25) is 0 Å². The summed E-state index contributed by atoms with van der Waals surface area (Å²) in [5.74, 6) is 0.866. The number of halogens is 1. The standard InChI is InChI=1S/C15H21BrN2O2/c1-2-4-12-7-9-17(10-8-12)11-13-5-3-6-14(15(13)16)18(19)20/h3,5-6,12H,2,4,7-11H2,1H3. The number of hydrogen-bond acceptors (Lipinski definition) is 3. The van der Waals surface area contributed by atoms with Gasteiger partial charge in [0.2, 0.25) is 0 Å². The lowest BCUT2D eigenvalue weighted by Crippen LogP contribution is -2.33. The van der Waals surface area contributed by atoms with Gasteiger partial charge in [-0.05, 0) is 53.3 Å². The third-order valence-corrected chi connectivity index (χ3v) is 4.97. The molecule has 1 aromatic carbocycles. The van der Waals surface area contributed by atoms with Crippen LogP contribution in [-0.2, 0) is 6.54 Å². The van der Waals surface area contributed by atoms with E-state index in [0.717, 1.165) is 31.1 Å². The van der Waals surface area contributed by atoms with Crippen molar-refractivity contribution in [3.8, 4) is 0 Å². The summed E-state index contributed by atoms with van der Waals surface area (Å²) in [6, 6.07) is 5.28. The van der Waals surface area contributed by atoms with Crippen LogP contribution in [0.5, 0.6) is 0 Å². The largest absolute Gasteiger partial charge is 0.299 e. The SMILES string of the molecule is CCCC1CCN(Cc2cccc([N+](=O)[O-])c2Br)CC1. The molecule has 1 saturated heterocycles. The minimum absolute atomic E-state index is 0.156. The van der Waals surface area contributed by atoms with E-state index < -0.39 is 0 Å². The first kappa shape index (κ1) is 15.4. The topological polar surface area (TPSA) is 46.4 Å². The van der Waals surface area contributed by atoms with Crippen LogP contribution in [0.4, 0.5) is 5.69 Å². The van der Waals surface area contributed by atoms with Crippen LogP contribution in [0.15, 0.2) is 22.7 Å². The Labute approximate surface area is 128 Å². The molecule has 0 bridgehead atoms. The van der Waals surface area contributed by atoms with Gasteiger partial charge in [-0.1, -0.05) is 31.9 Å². The van der Waals surface area contributed by atoms with Crippen molar-refractivity contribution in [2.45, 2.75) is 39.2 Å². The third-order valence-electron chi connectivity index (χ3n) is 4.05. The lowest BCUT2D eigenvalue weighted by molar-refractivity contribution is -0.385. The first-order valence-corrected chi connectivity index (χ1v) is 8.05. The van der Waals surface area contributed by atoms with Crippen LogP contribution >= 0.6 is 15.9 Å². The van der Waals surface area contributed by atoms with Gasteiger partial charge in [0.15, 0.2) is 0 Å². The number of rotatable bonds is 5. The molecule has 0 saturated carbocycles. The molecule has 0 spiro atoms. The molecular weight excluding hydrogens is 320 g/mol. The lowest BCUT2D eigenvalue weighted by atomic mass is 9.92. The number of hydrogen-bond donors (Lipinski definition) is 0.